The maximum Gasteiger partial charge on any atom is 0.354 e. The number of hydrogen-bond donors (Lipinski definition) is 2. The first-order chi connectivity index (χ1) is 12.4. The van der Waals surface area contributed by atoms with Crippen LogP contribution in [-0.4, -0.2) is 42.8 Å². The molecule has 3 N–H and O–H groups in total. The van der Waals surface area contributed by atoms with E-state index >= 15 is 0 Å². The van der Waals surface area contributed by atoms with Crippen molar-refractivity contribution in [3.8, 4) is 10.6 Å². The van der Waals surface area contributed by atoms with Gasteiger partial charge in [0.1, 0.15) is 21.8 Å². The number of nitrogens with one attached hydrogen (secondary N) is 1. The Morgan fingerprint density at radius 3 is 2.63 bits per heavy atom. The van der Waals surface area contributed by atoms with Crippen molar-refractivity contribution >= 4 is 44.6 Å². The molecule has 1 atom stereocenters. The van der Waals surface area contributed by atoms with E-state index in [1.165, 1.54) is 18.4 Å². The molecule has 2 aromatic rings. The zero-order chi connectivity index (χ0) is 20.2. The summed E-state index contributed by atoms with van der Waals surface area (Å²) >= 11 is 7.74. The minimum Gasteiger partial charge on any atom is -0.464 e. The number of amidine groups is 1. The number of halogens is 1. The smallest absolute Gasteiger partial charge is 0.354 e. The van der Waals surface area contributed by atoms with Crippen LogP contribution in [0.1, 0.15) is 36.1 Å². The largest absolute Gasteiger partial charge is 0.464 e. The standard InChI is InChI=1S/C17H20ClN3O4S2/c1-16(2)15(19)21-17(3,8-27(16,23)24)13-9(18)7-12(26-13)10-5-6-11(20-10)14(22)25-4/h5-7,20H,8H2,1-4H3,(H2,19,21). The molecule has 0 radical (unpaired) electrons. The van der Waals surface area contributed by atoms with Crippen LogP contribution in [0, 0.1) is 0 Å². The second-order valence-corrected chi connectivity index (χ2v) is 11.1. The number of ether oxygens (including phenoxy) is 1. The van der Waals surface area contributed by atoms with E-state index in [4.69, 9.17) is 17.3 Å². The molecule has 146 valence electrons. The van der Waals surface area contributed by atoms with E-state index in [0.717, 1.165) is 4.88 Å². The molecular weight excluding hydrogens is 410 g/mol. The van der Waals surface area contributed by atoms with Crippen molar-refractivity contribution in [3.05, 3.63) is 33.8 Å². The predicted molar refractivity (Wildman–Crippen MR) is 107 cm³/mol. The molecule has 0 saturated heterocycles. The third-order valence-electron chi connectivity index (χ3n) is 4.77. The van der Waals surface area contributed by atoms with Gasteiger partial charge in [-0.25, -0.2) is 13.2 Å². The Labute approximate surface area is 166 Å². The van der Waals surface area contributed by atoms with Crippen LogP contribution < -0.4 is 5.73 Å². The van der Waals surface area contributed by atoms with Crippen LogP contribution in [0.4, 0.5) is 0 Å². The molecule has 0 bridgehead atoms. The maximum absolute atomic E-state index is 12.7. The Morgan fingerprint density at radius 1 is 1.37 bits per heavy atom. The first kappa shape index (κ1) is 19.9. The van der Waals surface area contributed by atoms with E-state index in [1.807, 2.05) is 0 Å². The third-order valence-corrected chi connectivity index (χ3v) is 9.30. The fraction of sp³-hybridized carbons (Fsp3) is 0.412. The summed E-state index contributed by atoms with van der Waals surface area (Å²) in [6, 6.07) is 5.07. The molecule has 0 aliphatic carbocycles. The summed E-state index contributed by atoms with van der Waals surface area (Å²) in [6.07, 6.45) is 0. The molecule has 0 amide bonds. The van der Waals surface area contributed by atoms with Crippen molar-refractivity contribution in [1.82, 2.24) is 4.98 Å². The first-order valence-corrected chi connectivity index (χ1v) is 10.9. The molecule has 7 nitrogen and oxygen atoms in total. The number of thiophene rings is 1. The van der Waals surface area contributed by atoms with E-state index in [-0.39, 0.29) is 11.6 Å². The number of esters is 1. The van der Waals surface area contributed by atoms with Gasteiger partial charge >= 0.3 is 5.97 Å². The molecule has 1 aliphatic heterocycles. The molecule has 0 fully saturated rings. The number of aromatic amines is 1. The van der Waals surface area contributed by atoms with E-state index < -0.39 is 26.1 Å². The zero-order valence-corrected chi connectivity index (χ0v) is 17.7. The molecular formula is C17H20ClN3O4S2. The zero-order valence-electron chi connectivity index (χ0n) is 15.3. The van der Waals surface area contributed by atoms with Crippen LogP contribution in [0.15, 0.2) is 23.2 Å². The van der Waals surface area contributed by atoms with Gasteiger partial charge in [0.2, 0.25) is 0 Å². The average Bonchev–Trinajstić information content (AvgIpc) is 3.19. The van der Waals surface area contributed by atoms with Gasteiger partial charge in [-0.1, -0.05) is 11.6 Å². The summed E-state index contributed by atoms with van der Waals surface area (Å²) in [7, 11) is -2.22. The molecule has 0 spiro atoms. The number of rotatable bonds is 3. The first-order valence-electron chi connectivity index (χ1n) is 8.07. The normalized spacial score (nSPS) is 23.7. The second kappa shape index (κ2) is 6.35. The molecule has 3 heterocycles. The number of methoxy groups -OCH3 is 1. The van der Waals surface area contributed by atoms with Crippen LogP contribution in [0.25, 0.3) is 10.6 Å². The van der Waals surface area contributed by atoms with Crippen molar-refractivity contribution in [3.63, 3.8) is 0 Å². The highest BCUT2D eigenvalue weighted by atomic mass is 35.5. The molecule has 0 saturated carbocycles. The van der Waals surface area contributed by atoms with Crippen molar-refractivity contribution < 1.29 is 17.9 Å². The summed E-state index contributed by atoms with van der Waals surface area (Å²) in [4.78, 5) is 20.5. The number of aliphatic imine (C=N–C) groups is 1. The van der Waals surface area contributed by atoms with Crippen LogP contribution in [0.2, 0.25) is 5.02 Å². The van der Waals surface area contributed by atoms with Crippen LogP contribution >= 0.6 is 22.9 Å². The topological polar surface area (TPSA) is 115 Å². The second-order valence-electron chi connectivity index (χ2n) is 7.11. The fourth-order valence-electron chi connectivity index (χ4n) is 2.90. The van der Waals surface area contributed by atoms with Gasteiger partial charge in [0, 0.05) is 0 Å². The molecule has 1 unspecified atom stereocenters. The van der Waals surface area contributed by atoms with Crippen molar-refractivity contribution in [1.29, 1.82) is 0 Å². The molecule has 2 aromatic heterocycles. The van der Waals surface area contributed by atoms with Gasteiger partial charge < -0.3 is 15.5 Å². The number of carbonyl (C=O) groups excluding carboxylic acids is 1. The Balaban J connectivity index is 2.06. The maximum atomic E-state index is 12.7. The lowest BCUT2D eigenvalue weighted by Crippen LogP contribution is -2.54. The van der Waals surface area contributed by atoms with Crippen LogP contribution in [0.5, 0.6) is 0 Å². The number of nitrogens with two attached hydrogens (primary N) is 1. The van der Waals surface area contributed by atoms with Gasteiger partial charge in [0.15, 0.2) is 9.84 Å². The summed E-state index contributed by atoms with van der Waals surface area (Å²) in [6.45, 7) is 4.81. The summed E-state index contributed by atoms with van der Waals surface area (Å²) in [5, 5.41) is 0.401. The fourth-order valence-corrected chi connectivity index (χ4v) is 6.27. The minimum absolute atomic E-state index is 0.0649. The number of aromatic nitrogens is 1. The Kier molecular flexibility index (Phi) is 4.69. The monoisotopic (exact) mass is 429 g/mol. The quantitative estimate of drug-likeness (QED) is 0.728. The highest BCUT2D eigenvalue weighted by molar-refractivity contribution is 7.93. The number of nitrogens with zero attached hydrogens (tertiary/aromatic N) is 1. The predicted octanol–water partition coefficient (Wildman–Crippen LogP) is 2.96. The van der Waals surface area contributed by atoms with E-state index in [9.17, 15) is 13.2 Å². The average molecular weight is 430 g/mol. The SMILES string of the molecule is COC(=O)c1ccc(-c2cc(Cl)c(C3(C)CS(=O)(=O)C(C)(C)C(N)=N3)s2)[nH]1. The summed E-state index contributed by atoms with van der Waals surface area (Å²) in [5.74, 6) is -0.602. The van der Waals surface area contributed by atoms with E-state index in [2.05, 4.69) is 14.7 Å². The van der Waals surface area contributed by atoms with E-state index in [1.54, 1.807) is 39.0 Å². The third kappa shape index (κ3) is 3.17. The lowest BCUT2D eigenvalue weighted by molar-refractivity contribution is 0.0595. The molecule has 27 heavy (non-hydrogen) atoms. The molecule has 1 aliphatic rings. The highest BCUT2D eigenvalue weighted by Crippen LogP contribution is 2.45. The lowest BCUT2D eigenvalue weighted by Gasteiger charge is -2.37. The summed E-state index contributed by atoms with van der Waals surface area (Å²) in [5.41, 5.74) is 5.91. The minimum atomic E-state index is -3.53. The van der Waals surface area contributed by atoms with Gasteiger partial charge in [-0.3, -0.25) is 4.99 Å². The van der Waals surface area contributed by atoms with Gasteiger partial charge in [-0.2, -0.15) is 0 Å². The molecule has 3 rings (SSSR count). The van der Waals surface area contributed by atoms with Crippen molar-refractivity contribution in [2.24, 2.45) is 10.7 Å². The van der Waals surface area contributed by atoms with Crippen LogP contribution in [-0.2, 0) is 20.1 Å². The summed E-state index contributed by atoms with van der Waals surface area (Å²) < 4.78 is 29.0. The number of carbonyl (C=O) groups is 1. The van der Waals surface area contributed by atoms with Gasteiger partial charge in [-0.05, 0) is 39.0 Å². The van der Waals surface area contributed by atoms with Gasteiger partial charge in [0.25, 0.3) is 0 Å². The van der Waals surface area contributed by atoms with Gasteiger partial charge in [-0.15, -0.1) is 11.3 Å². The lowest BCUT2D eigenvalue weighted by atomic mass is 10.0. The van der Waals surface area contributed by atoms with Crippen LogP contribution in [0.3, 0.4) is 0 Å². The van der Waals surface area contributed by atoms with Gasteiger partial charge in [0.05, 0.1) is 33.3 Å². The highest BCUT2D eigenvalue weighted by Gasteiger charge is 2.49. The number of H-pyrrole nitrogens is 1. The number of sulfone groups is 1. The Morgan fingerprint density at radius 2 is 2.04 bits per heavy atom. The van der Waals surface area contributed by atoms with Crippen molar-refractivity contribution in [2.75, 3.05) is 12.9 Å². The Bertz CT molecular complexity index is 1050. The Hall–Kier alpha value is -1.84. The number of hydrogen-bond acceptors (Lipinski definition) is 7. The molecule has 0 aromatic carbocycles. The van der Waals surface area contributed by atoms with Crippen molar-refractivity contribution in [2.45, 2.75) is 31.1 Å². The van der Waals surface area contributed by atoms with E-state index in [0.29, 0.717) is 21.3 Å². The molecule has 10 heteroatoms.